The minimum atomic E-state index is -0.00964. The van der Waals surface area contributed by atoms with Gasteiger partial charge >= 0.3 is 0 Å². The lowest BCUT2D eigenvalue weighted by Crippen LogP contribution is -2.38. The fourth-order valence-corrected chi connectivity index (χ4v) is 3.99. The zero-order valence-electron chi connectivity index (χ0n) is 17.0. The maximum absolute atomic E-state index is 6.12. The quantitative estimate of drug-likeness (QED) is 0.603. The van der Waals surface area contributed by atoms with Crippen LogP contribution in [0, 0.1) is 6.92 Å². The Morgan fingerprint density at radius 1 is 1.21 bits per heavy atom. The molecule has 0 unspecified atom stereocenters. The molecule has 6 heteroatoms. The van der Waals surface area contributed by atoms with E-state index < -0.39 is 0 Å². The molecule has 1 saturated heterocycles. The maximum Gasteiger partial charge on any atom is 0.112 e. The second kappa shape index (κ2) is 9.08. The molecule has 1 aliphatic rings. The topological polar surface area (TPSA) is 43.2 Å². The lowest BCUT2D eigenvalue weighted by Gasteiger charge is -2.32. The third-order valence-corrected chi connectivity index (χ3v) is 5.58. The van der Waals surface area contributed by atoms with E-state index in [2.05, 4.69) is 54.3 Å². The van der Waals surface area contributed by atoms with Crippen LogP contribution in [-0.2, 0) is 24.2 Å². The van der Waals surface area contributed by atoms with Gasteiger partial charge in [-0.2, -0.15) is 5.10 Å². The van der Waals surface area contributed by atoms with Gasteiger partial charge in [-0.1, -0.05) is 29.8 Å². The highest BCUT2D eigenvalue weighted by atomic mass is 35.5. The Kier molecular flexibility index (Phi) is 6.28. The standard InChI is InChI=1S/C23H27ClN4O/c1-3-28-15-19(17(2)26-28)14-27-10-11-29-23(16-27)22-9-5-8-21(25-22)13-18-6-4-7-20(24)12-18/h4-9,12,15,23H,3,10-11,13-14,16H2,1-2H3/t23-/m0/s1. The molecule has 0 saturated carbocycles. The minimum Gasteiger partial charge on any atom is -0.369 e. The van der Waals surface area contributed by atoms with Crippen molar-refractivity contribution in [1.82, 2.24) is 19.7 Å². The molecule has 0 aliphatic carbocycles. The first-order chi connectivity index (χ1) is 14.1. The summed E-state index contributed by atoms with van der Waals surface area (Å²) in [5.41, 5.74) is 5.59. The van der Waals surface area contributed by atoms with Crippen LogP contribution in [0.15, 0.2) is 48.7 Å². The second-order valence-corrected chi connectivity index (χ2v) is 7.99. The Hall–Kier alpha value is -2.21. The van der Waals surface area contributed by atoms with Crippen molar-refractivity contribution in [3.8, 4) is 0 Å². The van der Waals surface area contributed by atoms with Gasteiger partial charge in [0.2, 0.25) is 0 Å². The Balaban J connectivity index is 1.44. The number of hydrogen-bond acceptors (Lipinski definition) is 4. The van der Waals surface area contributed by atoms with E-state index in [1.807, 2.05) is 22.9 Å². The zero-order valence-corrected chi connectivity index (χ0v) is 17.8. The first-order valence-electron chi connectivity index (χ1n) is 10.2. The molecular formula is C23H27ClN4O. The van der Waals surface area contributed by atoms with Gasteiger partial charge in [-0.25, -0.2) is 0 Å². The van der Waals surface area contributed by atoms with Crippen LogP contribution in [-0.4, -0.2) is 39.4 Å². The molecule has 0 N–H and O–H groups in total. The highest BCUT2D eigenvalue weighted by molar-refractivity contribution is 6.30. The van der Waals surface area contributed by atoms with Gasteiger partial charge in [0.25, 0.3) is 0 Å². The zero-order chi connectivity index (χ0) is 20.2. The van der Waals surface area contributed by atoms with Crippen molar-refractivity contribution >= 4 is 11.6 Å². The number of ether oxygens (including phenoxy) is 1. The summed E-state index contributed by atoms with van der Waals surface area (Å²) in [7, 11) is 0. The molecule has 1 fully saturated rings. The van der Waals surface area contributed by atoms with Gasteiger partial charge in [-0.15, -0.1) is 0 Å². The second-order valence-electron chi connectivity index (χ2n) is 7.55. The maximum atomic E-state index is 6.12. The first kappa shape index (κ1) is 20.1. The van der Waals surface area contributed by atoms with E-state index in [9.17, 15) is 0 Å². The Morgan fingerprint density at radius 3 is 2.86 bits per heavy atom. The third-order valence-electron chi connectivity index (χ3n) is 5.35. The van der Waals surface area contributed by atoms with Crippen LogP contribution < -0.4 is 0 Å². The molecule has 152 valence electrons. The summed E-state index contributed by atoms with van der Waals surface area (Å²) in [5.74, 6) is 0. The lowest BCUT2D eigenvalue weighted by molar-refractivity contribution is -0.0351. The van der Waals surface area contributed by atoms with E-state index in [0.29, 0.717) is 6.61 Å². The summed E-state index contributed by atoms with van der Waals surface area (Å²) in [6.07, 6.45) is 2.91. The fraction of sp³-hybridized carbons (Fsp3) is 0.391. The van der Waals surface area contributed by atoms with Gasteiger partial charge in [-0.05, 0) is 43.7 Å². The van der Waals surface area contributed by atoms with Crippen molar-refractivity contribution in [3.63, 3.8) is 0 Å². The SMILES string of the molecule is CCn1cc(CN2CCO[C@H](c3cccc(Cc4cccc(Cl)c4)n3)C2)c(C)n1. The van der Waals surface area contributed by atoms with E-state index in [0.717, 1.165) is 60.3 Å². The smallest absolute Gasteiger partial charge is 0.112 e. The molecule has 5 nitrogen and oxygen atoms in total. The summed E-state index contributed by atoms with van der Waals surface area (Å²) in [5, 5.41) is 5.32. The van der Waals surface area contributed by atoms with Gasteiger partial charge in [0.15, 0.2) is 0 Å². The molecule has 3 aromatic rings. The summed E-state index contributed by atoms with van der Waals surface area (Å²) in [6.45, 7) is 8.47. The number of morpholine rings is 1. The van der Waals surface area contributed by atoms with Crippen LogP contribution in [0.2, 0.25) is 5.02 Å². The molecule has 0 amide bonds. The summed E-state index contributed by atoms with van der Waals surface area (Å²) < 4.78 is 8.07. The van der Waals surface area contributed by atoms with Crippen molar-refractivity contribution in [3.05, 3.63) is 81.9 Å². The van der Waals surface area contributed by atoms with Gasteiger partial charge < -0.3 is 4.74 Å². The number of benzene rings is 1. The molecule has 3 heterocycles. The normalized spacial score (nSPS) is 17.6. The van der Waals surface area contributed by atoms with Gasteiger partial charge in [0.05, 0.1) is 18.0 Å². The van der Waals surface area contributed by atoms with Gasteiger partial charge in [-0.3, -0.25) is 14.6 Å². The number of halogens is 1. The molecule has 1 aromatic carbocycles. The first-order valence-corrected chi connectivity index (χ1v) is 10.6. The predicted molar refractivity (Wildman–Crippen MR) is 115 cm³/mol. The number of rotatable bonds is 6. The third kappa shape index (κ3) is 5.04. The Morgan fingerprint density at radius 2 is 2.07 bits per heavy atom. The molecule has 1 aliphatic heterocycles. The van der Waals surface area contributed by atoms with Crippen LogP contribution >= 0.6 is 11.6 Å². The number of nitrogens with zero attached hydrogens (tertiary/aromatic N) is 4. The molecule has 2 aromatic heterocycles. The summed E-state index contributed by atoms with van der Waals surface area (Å²) in [4.78, 5) is 7.32. The number of aryl methyl sites for hydroxylation is 2. The Labute approximate surface area is 177 Å². The Bertz CT molecular complexity index is 971. The summed E-state index contributed by atoms with van der Waals surface area (Å²) >= 11 is 6.12. The molecule has 0 bridgehead atoms. The molecule has 1 atom stereocenters. The highest BCUT2D eigenvalue weighted by Gasteiger charge is 2.24. The monoisotopic (exact) mass is 410 g/mol. The largest absolute Gasteiger partial charge is 0.369 e. The molecule has 4 rings (SSSR count). The number of pyridine rings is 1. The van der Waals surface area contributed by atoms with Crippen LogP contribution in [0.1, 0.15) is 41.2 Å². The van der Waals surface area contributed by atoms with E-state index >= 15 is 0 Å². The van der Waals surface area contributed by atoms with Crippen molar-refractivity contribution in [2.75, 3.05) is 19.7 Å². The minimum absolute atomic E-state index is 0.00964. The fourth-order valence-electron chi connectivity index (χ4n) is 3.77. The van der Waals surface area contributed by atoms with Crippen molar-refractivity contribution in [2.45, 2.75) is 39.5 Å². The van der Waals surface area contributed by atoms with Crippen LogP contribution in [0.4, 0.5) is 0 Å². The molecule has 0 radical (unpaired) electrons. The van der Waals surface area contributed by atoms with Crippen LogP contribution in [0.25, 0.3) is 0 Å². The lowest BCUT2D eigenvalue weighted by atomic mass is 10.1. The van der Waals surface area contributed by atoms with Crippen molar-refractivity contribution in [1.29, 1.82) is 0 Å². The number of aromatic nitrogens is 3. The van der Waals surface area contributed by atoms with Crippen LogP contribution in [0.5, 0.6) is 0 Å². The van der Waals surface area contributed by atoms with E-state index in [4.69, 9.17) is 21.3 Å². The molecular weight excluding hydrogens is 384 g/mol. The summed E-state index contributed by atoms with van der Waals surface area (Å²) in [6, 6.07) is 14.1. The van der Waals surface area contributed by atoms with Gasteiger partial charge in [0, 0.05) is 55.1 Å². The van der Waals surface area contributed by atoms with Crippen molar-refractivity contribution < 1.29 is 4.74 Å². The van der Waals surface area contributed by atoms with E-state index in [1.54, 1.807) is 0 Å². The average molecular weight is 411 g/mol. The number of hydrogen-bond donors (Lipinski definition) is 0. The highest BCUT2D eigenvalue weighted by Crippen LogP contribution is 2.23. The van der Waals surface area contributed by atoms with E-state index in [-0.39, 0.29) is 6.10 Å². The molecule has 0 spiro atoms. The van der Waals surface area contributed by atoms with E-state index in [1.165, 1.54) is 5.56 Å². The predicted octanol–water partition coefficient (Wildman–Crippen LogP) is 4.42. The molecule has 29 heavy (non-hydrogen) atoms. The van der Waals surface area contributed by atoms with Crippen LogP contribution in [0.3, 0.4) is 0 Å². The average Bonchev–Trinajstić information content (AvgIpc) is 3.08. The van der Waals surface area contributed by atoms with Gasteiger partial charge in [0.1, 0.15) is 6.10 Å². The van der Waals surface area contributed by atoms with Crippen molar-refractivity contribution in [2.24, 2.45) is 0 Å².